The molecular formula is C32H22ClN3OS. The second-order valence-electron chi connectivity index (χ2n) is 8.82. The maximum atomic E-state index is 13.6. The SMILES string of the molecule is Nc1c(C(=O)Nc2ccccc2-c2ccccc2)sc2nc(-c3ccccc3)cc(-c3ccc(Cl)cc3)c12. The van der Waals surface area contributed by atoms with Crippen LogP contribution in [0.2, 0.25) is 5.02 Å². The first kappa shape index (κ1) is 23.9. The molecule has 6 aromatic rings. The number of nitrogens with two attached hydrogens (primary N) is 1. The molecule has 0 unspecified atom stereocenters. The highest BCUT2D eigenvalue weighted by Gasteiger charge is 2.22. The van der Waals surface area contributed by atoms with Crippen LogP contribution in [0.3, 0.4) is 0 Å². The van der Waals surface area contributed by atoms with Gasteiger partial charge in [-0.05, 0) is 41.0 Å². The third-order valence-corrected chi connectivity index (χ3v) is 7.74. The fourth-order valence-electron chi connectivity index (χ4n) is 4.54. The number of nitrogens with zero attached hydrogens (tertiary/aromatic N) is 1. The number of hydrogen-bond acceptors (Lipinski definition) is 4. The Balaban J connectivity index is 1.47. The number of anilines is 2. The Bertz CT molecular complexity index is 1760. The summed E-state index contributed by atoms with van der Waals surface area (Å²) in [6.45, 7) is 0. The van der Waals surface area contributed by atoms with Crippen molar-refractivity contribution in [3.05, 3.63) is 125 Å². The van der Waals surface area contributed by atoms with E-state index in [-0.39, 0.29) is 5.91 Å². The van der Waals surface area contributed by atoms with Crippen LogP contribution in [-0.4, -0.2) is 10.9 Å². The number of para-hydroxylation sites is 1. The fraction of sp³-hybridized carbons (Fsp3) is 0. The highest BCUT2D eigenvalue weighted by Crippen LogP contribution is 2.42. The molecule has 0 saturated heterocycles. The minimum atomic E-state index is -0.266. The van der Waals surface area contributed by atoms with Crippen LogP contribution >= 0.6 is 22.9 Å². The number of halogens is 1. The topological polar surface area (TPSA) is 68.0 Å². The highest BCUT2D eigenvalue weighted by atomic mass is 35.5. The van der Waals surface area contributed by atoms with E-state index in [4.69, 9.17) is 22.3 Å². The molecule has 0 aliphatic carbocycles. The van der Waals surface area contributed by atoms with Crippen LogP contribution in [0, 0.1) is 0 Å². The van der Waals surface area contributed by atoms with Gasteiger partial charge in [-0.25, -0.2) is 4.98 Å². The Hall–Kier alpha value is -4.45. The van der Waals surface area contributed by atoms with Crippen LogP contribution in [-0.2, 0) is 0 Å². The van der Waals surface area contributed by atoms with E-state index in [2.05, 4.69) is 5.32 Å². The molecule has 38 heavy (non-hydrogen) atoms. The van der Waals surface area contributed by atoms with E-state index in [1.165, 1.54) is 11.3 Å². The van der Waals surface area contributed by atoms with Gasteiger partial charge in [-0.15, -0.1) is 11.3 Å². The molecule has 0 spiro atoms. The number of benzene rings is 4. The molecule has 2 aromatic heterocycles. The van der Waals surface area contributed by atoms with E-state index in [0.29, 0.717) is 20.4 Å². The average Bonchev–Trinajstić information content (AvgIpc) is 3.30. The third kappa shape index (κ3) is 4.54. The van der Waals surface area contributed by atoms with Crippen molar-refractivity contribution in [2.45, 2.75) is 0 Å². The Morgan fingerprint density at radius 3 is 2.05 bits per heavy atom. The minimum absolute atomic E-state index is 0.266. The number of fused-ring (bicyclic) bond motifs is 1. The van der Waals surface area contributed by atoms with Crippen LogP contribution in [0.5, 0.6) is 0 Å². The lowest BCUT2D eigenvalue weighted by Gasteiger charge is -2.11. The van der Waals surface area contributed by atoms with Gasteiger partial charge in [0.15, 0.2) is 0 Å². The molecule has 2 heterocycles. The van der Waals surface area contributed by atoms with Crippen LogP contribution in [0.25, 0.3) is 43.7 Å². The molecule has 6 heteroatoms. The molecule has 0 aliphatic heterocycles. The van der Waals surface area contributed by atoms with Gasteiger partial charge in [-0.3, -0.25) is 4.79 Å². The first-order chi connectivity index (χ1) is 18.6. The van der Waals surface area contributed by atoms with Crippen LogP contribution in [0.1, 0.15) is 9.67 Å². The van der Waals surface area contributed by atoms with Crippen molar-refractivity contribution in [2.75, 3.05) is 11.1 Å². The average molecular weight is 532 g/mol. The van der Waals surface area contributed by atoms with Gasteiger partial charge >= 0.3 is 0 Å². The van der Waals surface area contributed by atoms with Crippen LogP contribution in [0.15, 0.2) is 115 Å². The molecule has 0 fully saturated rings. The van der Waals surface area contributed by atoms with Gasteiger partial charge in [0.1, 0.15) is 9.71 Å². The van der Waals surface area contributed by atoms with Crippen LogP contribution < -0.4 is 11.1 Å². The predicted molar refractivity (Wildman–Crippen MR) is 160 cm³/mol. The number of amides is 1. The summed E-state index contributed by atoms with van der Waals surface area (Å²) in [5.74, 6) is -0.266. The number of thiophene rings is 1. The lowest BCUT2D eigenvalue weighted by molar-refractivity contribution is 0.103. The predicted octanol–water partition coefficient (Wildman–Crippen LogP) is 8.79. The molecule has 0 aliphatic rings. The summed E-state index contributed by atoms with van der Waals surface area (Å²) in [6, 6.07) is 37.3. The Kier molecular flexibility index (Phi) is 6.38. The summed E-state index contributed by atoms with van der Waals surface area (Å²) in [7, 11) is 0. The first-order valence-electron chi connectivity index (χ1n) is 12.1. The zero-order chi connectivity index (χ0) is 26.1. The van der Waals surface area contributed by atoms with Crippen molar-refractivity contribution in [3.63, 3.8) is 0 Å². The minimum Gasteiger partial charge on any atom is -0.397 e. The van der Waals surface area contributed by atoms with E-state index in [1.807, 2.05) is 115 Å². The van der Waals surface area contributed by atoms with Crippen molar-refractivity contribution in [1.29, 1.82) is 0 Å². The molecule has 4 nitrogen and oxygen atoms in total. The van der Waals surface area contributed by atoms with Crippen molar-refractivity contribution < 1.29 is 4.79 Å². The Morgan fingerprint density at radius 2 is 1.34 bits per heavy atom. The summed E-state index contributed by atoms with van der Waals surface area (Å²) in [4.78, 5) is 19.7. The van der Waals surface area contributed by atoms with E-state index in [1.54, 1.807) is 0 Å². The maximum absolute atomic E-state index is 13.6. The van der Waals surface area contributed by atoms with Crippen LogP contribution in [0.4, 0.5) is 11.4 Å². The molecule has 0 radical (unpaired) electrons. The van der Waals surface area contributed by atoms with Gasteiger partial charge in [0.05, 0.1) is 11.4 Å². The summed E-state index contributed by atoms with van der Waals surface area (Å²) in [5.41, 5.74) is 13.4. The summed E-state index contributed by atoms with van der Waals surface area (Å²) in [5, 5.41) is 4.50. The number of nitrogen functional groups attached to an aromatic ring is 1. The molecule has 0 bridgehead atoms. The Morgan fingerprint density at radius 1 is 0.737 bits per heavy atom. The van der Waals surface area contributed by atoms with E-state index < -0.39 is 0 Å². The number of aromatic nitrogens is 1. The molecule has 0 atom stereocenters. The van der Waals surface area contributed by atoms with Gasteiger partial charge in [0.25, 0.3) is 5.91 Å². The molecule has 4 aromatic carbocycles. The van der Waals surface area contributed by atoms with E-state index in [9.17, 15) is 4.79 Å². The standard InChI is InChI=1S/C32H22ClN3OS/c33-23-17-15-21(16-18-23)25-19-27(22-11-5-2-6-12-22)36-32-28(25)29(34)30(38-32)31(37)35-26-14-8-7-13-24(26)20-9-3-1-4-10-20/h1-19H,34H2,(H,35,37). The number of rotatable bonds is 5. The lowest BCUT2D eigenvalue weighted by Crippen LogP contribution is -2.12. The lowest BCUT2D eigenvalue weighted by atomic mass is 9.99. The zero-order valence-electron chi connectivity index (χ0n) is 20.2. The zero-order valence-corrected chi connectivity index (χ0v) is 21.8. The molecule has 0 saturated carbocycles. The number of nitrogens with one attached hydrogen (secondary N) is 1. The van der Waals surface area contributed by atoms with Gasteiger partial charge in [-0.1, -0.05) is 103 Å². The largest absolute Gasteiger partial charge is 0.397 e. The van der Waals surface area contributed by atoms with Crippen molar-refractivity contribution >= 4 is 50.4 Å². The molecule has 6 rings (SSSR count). The second kappa shape index (κ2) is 10.1. The molecule has 1 amide bonds. The van der Waals surface area contributed by atoms with E-state index in [0.717, 1.165) is 44.6 Å². The number of pyridine rings is 1. The molecular weight excluding hydrogens is 510 g/mol. The maximum Gasteiger partial charge on any atom is 0.267 e. The van der Waals surface area contributed by atoms with Gasteiger partial charge in [-0.2, -0.15) is 0 Å². The number of hydrogen-bond donors (Lipinski definition) is 2. The summed E-state index contributed by atoms with van der Waals surface area (Å²) in [6.07, 6.45) is 0. The number of carbonyl (C=O) groups is 1. The van der Waals surface area contributed by atoms with Crippen molar-refractivity contribution in [1.82, 2.24) is 4.98 Å². The van der Waals surface area contributed by atoms with Gasteiger partial charge in [0.2, 0.25) is 0 Å². The summed E-state index contributed by atoms with van der Waals surface area (Å²) >= 11 is 7.47. The highest BCUT2D eigenvalue weighted by molar-refractivity contribution is 7.21. The van der Waals surface area contributed by atoms with Crippen molar-refractivity contribution in [3.8, 4) is 33.5 Å². The first-order valence-corrected chi connectivity index (χ1v) is 13.3. The normalized spacial score (nSPS) is 11.0. The molecule has 3 N–H and O–H groups in total. The van der Waals surface area contributed by atoms with Gasteiger partial charge < -0.3 is 11.1 Å². The van der Waals surface area contributed by atoms with E-state index >= 15 is 0 Å². The smallest absolute Gasteiger partial charge is 0.267 e. The monoisotopic (exact) mass is 531 g/mol. The molecule has 184 valence electrons. The third-order valence-electron chi connectivity index (χ3n) is 6.39. The Labute approximate surface area is 229 Å². The van der Waals surface area contributed by atoms with Gasteiger partial charge in [0, 0.05) is 27.2 Å². The second-order valence-corrected chi connectivity index (χ2v) is 10.3. The fourth-order valence-corrected chi connectivity index (χ4v) is 5.69. The number of carbonyl (C=O) groups excluding carboxylic acids is 1. The van der Waals surface area contributed by atoms with Crippen molar-refractivity contribution in [2.24, 2.45) is 0 Å². The quantitative estimate of drug-likeness (QED) is 0.233. The summed E-state index contributed by atoms with van der Waals surface area (Å²) < 4.78 is 0.